The number of nitrogens with one attached hydrogen (secondary N) is 1. The van der Waals surface area contributed by atoms with E-state index in [1.165, 1.54) is 0 Å². The molecule has 0 atom stereocenters. The number of hydrogen-bond donors (Lipinski definition) is 1. The van der Waals surface area contributed by atoms with Crippen molar-refractivity contribution in [3.05, 3.63) is 29.3 Å². The van der Waals surface area contributed by atoms with E-state index in [1.807, 2.05) is 26.0 Å². The molecule has 1 aromatic carbocycles. The molecule has 4 nitrogen and oxygen atoms in total. The third-order valence-corrected chi connectivity index (χ3v) is 2.52. The molecule has 0 spiro atoms. The minimum absolute atomic E-state index is 0.240. The molecule has 1 aromatic rings. The van der Waals surface area contributed by atoms with Gasteiger partial charge in [0.2, 0.25) is 11.8 Å². The molecule has 0 aliphatic carbocycles. The van der Waals surface area contributed by atoms with Crippen LogP contribution < -0.4 is 10.2 Å². The van der Waals surface area contributed by atoms with Crippen molar-refractivity contribution in [3.8, 4) is 0 Å². The largest absolute Gasteiger partial charge is 0.353 e. The number of rotatable bonds is 1. The van der Waals surface area contributed by atoms with Gasteiger partial charge in [0.25, 0.3) is 0 Å². The topological polar surface area (TPSA) is 49.4 Å². The molecule has 1 heterocycles. The summed E-state index contributed by atoms with van der Waals surface area (Å²) >= 11 is 0. The standard InChI is InChI=1S/C12H14N2O2/c1-8-3-9(2)5-10(4-8)14-6-11(15)13-12(16)7-14/h3-5H,6-7H2,1-2H3,(H,13,15,16). The number of aryl methyl sites for hydroxylation is 2. The van der Waals surface area contributed by atoms with Crippen LogP contribution in [0.15, 0.2) is 18.2 Å². The Balaban J connectivity index is 2.29. The highest BCUT2D eigenvalue weighted by atomic mass is 16.2. The van der Waals surface area contributed by atoms with E-state index in [-0.39, 0.29) is 24.9 Å². The van der Waals surface area contributed by atoms with Crippen molar-refractivity contribution in [2.24, 2.45) is 0 Å². The van der Waals surface area contributed by atoms with E-state index in [0.717, 1.165) is 16.8 Å². The fourth-order valence-electron chi connectivity index (χ4n) is 1.95. The van der Waals surface area contributed by atoms with E-state index in [1.54, 1.807) is 4.90 Å². The third kappa shape index (κ3) is 2.21. The molecular weight excluding hydrogens is 204 g/mol. The van der Waals surface area contributed by atoms with Gasteiger partial charge in [-0.3, -0.25) is 14.9 Å². The maximum Gasteiger partial charge on any atom is 0.246 e. The maximum absolute atomic E-state index is 11.3. The van der Waals surface area contributed by atoms with Crippen molar-refractivity contribution < 1.29 is 9.59 Å². The SMILES string of the molecule is Cc1cc(C)cc(N2CC(=O)NC(=O)C2)c1. The molecule has 1 aliphatic rings. The number of piperazine rings is 1. The van der Waals surface area contributed by atoms with Gasteiger partial charge in [-0.25, -0.2) is 0 Å². The number of amides is 2. The summed E-state index contributed by atoms with van der Waals surface area (Å²) in [5.74, 6) is -0.481. The van der Waals surface area contributed by atoms with Crippen molar-refractivity contribution >= 4 is 17.5 Å². The van der Waals surface area contributed by atoms with Crippen LogP contribution in [0.4, 0.5) is 5.69 Å². The van der Waals surface area contributed by atoms with Gasteiger partial charge in [-0.05, 0) is 37.1 Å². The Morgan fingerprint density at radius 3 is 2.00 bits per heavy atom. The number of carbonyl (C=O) groups is 2. The number of imide groups is 1. The van der Waals surface area contributed by atoms with Crippen LogP contribution in [0.25, 0.3) is 0 Å². The van der Waals surface area contributed by atoms with Gasteiger partial charge in [-0.2, -0.15) is 0 Å². The van der Waals surface area contributed by atoms with Crippen molar-refractivity contribution in [1.82, 2.24) is 5.32 Å². The summed E-state index contributed by atoms with van der Waals surface area (Å²) in [4.78, 5) is 24.3. The minimum Gasteiger partial charge on any atom is -0.353 e. The van der Waals surface area contributed by atoms with E-state index >= 15 is 0 Å². The average molecular weight is 218 g/mol. The second-order valence-electron chi connectivity index (χ2n) is 4.17. The molecular formula is C12H14N2O2. The number of nitrogens with zero attached hydrogens (tertiary/aromatic N) is 1. The Hall–Kier alpha value is -1.84. The summed E-state index contributed by atoms with van der Waals surface area (Å²) in [7, 11) is 0. The molecule has 0 unspecified atom stereocenters. The van der Waals surface area contributed by atoms with E-state index in [9.17, 15) is 9.59 Å². The van der Waals surface area contributed by atoms with E-state index < -0.39 is 0 Å². The van der Waals surface area contributed by atoms with Crippen LogP contribution in [0.3, 0.4) is 0 Å². The lowest BCUT2D eigenvalue weighted by Crippen LogP contribution is -2.51. The highest BCUT2D eigenvalue weighted by Gasteiger charge is 2.22. The lowest BCUT2D eigenvalue weighted by molar-refractivity contribution is -0.130. The Bertz CT molecular complexity index is 418. The van der Waals surface area contributed by atoms with Gasteiger partial charge in [0, 0.05) is 5.69 Å². The zero-order chi connectivity index (χ0) is 11.7. The molecule has 1 aliphatic heterocycles. The summed E-state index contributed by atoms with van der Waals surface area (Å²) in [6, 6.07) is 6.03. The monoisotopic (exact) mass is 218 g/mol. The number of benzene rings is 1. The normalized spacial score (nSPS) is 16.2. The molecule has 2 amide bonds. The summed E-state index contributed by atoms with van der Waals surface area (Å²) in [5, 5.41) is 2.29. The molecule has 1 N–H and O–H groups in total. The van der Waals surface area contributed by atoms with Gasteiger partial charge in [-0.1, -0.05) is 6.07 Å². The van der Waals surface area contributed by atoms with Crippen molar-refractivity contribution in [3.63, 3.8) is 0 Å². The Labute approximate surface area is 94.2 Å². The molecule has 0 saturated carbocycles. The summed E-state index contributed by atoms with van der Waals surface area (Å²) < 4.78 is 0. The van der Waals surface area contributed by atoms with Gasteiger partial charge in [0.05, 0.1) is 13.1 Å². The first-order valence-electron chi connectivity index (χ1n) is 5.20. The molecule has 0 radical (unpaired) electrons. The fraction of sp³-hybridized carbons (Fsp3) is 0.333. The fourth-order valence-corrected chi connectivity index (χ4v) is 1.95. The maximum atomic E-state index is 11.3. The van der Waals surface area contributed by atoms with Crippen molar-refractivity contribution in [1.29, 1.82) is 0 Å². The van der Waals surface area contributed by atoms with Crippen LogP contribution in [0.1, 0.15) is 11.1 Å². The lowest BCUT2D eigenvalue weighted by Gasteiger charge is -2.27. The second-order valence-corrected chi connectivity index (χ2v) is 4.17. The van der Waals surface area contributed by atoms with E-state index in [4.69, 9.17) is 0 Å². The molecule has 1 fully saturated rings. The van der Waals surface area contributed by atoms with Crippen LogP contribution in [0.2, 0.25) is 0 Å². The minimum atomic E-state index is -0.240. The predicted molar refractivity (Wildman–Crippen MR) is 61.3 cm³/mol. The molecule has 0 aromatic heterocycles. The average Bonchev–Trinajstić information content (AvgIpc) is 2.14. The molecule has 84 valence electrons. The van der Waals surface area contributed by atoms with Crippen LogP contribution in [0.5, 0.6) is 0 Å². The lowest BCUT2D eigenvalue weighted by atomic mass is 10.1. The van der Waals surface area contributed by atoms with Gasteiger partial charge < -0.3 is 4.90 Å². The Morgan fingerprint density at radius 1 is 1.00 bits per heavy atom. The van der Waals surface area contributed by atoms with Crippen LogP contribution in [-0.2, 0) is 9.59 Å². The first kappa shape index (κ1) is 10.7. The van der Waals surface area contributed by atoms with Crippen LogP contribution >= 0.6 is 0 Å². The van der Waals surface area contributed by atoms with Crippen molar-refractivity contribution in [2.45, 2.75) is 13.8 Å². The zero-order valence-electron chi connectivity index (χ0n) is 9.41. The first-order chi connectivity index (χ1) is 7.54. The smallest absolute Gasteiger partial charge is 0.246 e. The highest BCUT2D eigenvalue weighted by molar-refractivity contribution is 6.02. The number of carbonyl (C=O) groups excluding carboxylic acids is 2. The second kappa shape index (κ2) is 3.96. The highest BCUT2D eigenvalue weighted by Crippen LogP contribution is 2.19. The number of hydrogen-bond acceptors (Lipinski definition) is 3. The Kier molecular flexibility index (Phi) is 2.64. The van der Waals surface area contributed by atoms with Gasteiger partial charge in [0.15, 0.2) is 0 Å². The summed E-state index contributed by atoms with van der Waals surface area (Å²) in [6.07, 6.45) is 0. The summed E-state index contributed by atoms with van der Waals surface area (Å²) in [5.41, 5.74) is 3.20. The molecule has 16 heavy (non-hydrogen) atoms. The molecule has 1 saturated heterocycles. The quantitative estimate of drug-likeness (QED) is 0.708. The van der Waals surface area contributed by atoms with Crippen molar-refractivity contribution in [2.75, 3.05) is 18.0 Å². The van der Waals surface area contributed by atoms with Crippen LogP contribution in [-0.4, -0.2) is 24.9 Å². The molecule has 2 rings (SSSR count). The Morgan fingerprint density at radius 2 is 1.50 bits per heavy atom. The van der Waals surface area contributed by atoms with E-state index in [0.29, 0.717) is 0 Å². The summed E-state index contributed by atoms with van der Waals surface area (Å²) in [6.45, 7) is 4.49. The first-order valence-corrected chi connectivity index (χ1v) is 5.20. The predicted octanol–water partition coefficient (Wildman–Crippen LogP) is 0.766. The number of anilines is 1. The van der Waals surface area contributed by atoms with Crippen LogP contribution in [0, 0.1) is 13.8 Å². The van der Waals surface area contributed by atoms with Gasteiger partial charge in [-0.15, -0.1) is 0 Å². The molecule has 0 bridgehead atoms. The molecule has 4 heteroatoms. The van der Waals surface area contributed by atoms with E-state index in [2.05, 4.69) is 11.4 Å². The van der Waals surface area contributed by atoms with Gasteiger partial charge >= 0.3 is 0 Å². The van der Waals surface area contributed by atoms with Gasteiger partial charge in [0.1, 0.15) is 0 Å². The zero-order valence-corrected chi connectivity index (χ0v) is 9.41. The third-order valence-electron chi connectivity index (χ3n) is 2.52.